The Morgan fingerprint density at radius 2 is 2.04 bits per heavy atom. The SMILES string of the molecule is CC[C@H](Oc1cccc(C)c1)C(=O)NCCCN1C[C@H](C)C[C@@H](C)C1. The quantitative estimate of drug-likeness (QED) is 0.731. The Morgan fingerprint density at radius 3 is 2.68 bits per heavy atom. The minimum atomic E-state index is -0.420. The summed E-state index contributed by atoms with van der Waals surface area (Å²) in [6.45, 7) is 12.8. The molecule has 0 spiro atoms. The summed E-state index contributed by atoms with van der Waals surface area (Å²) in [5.41, 5.74) is 1.14. The van der Waals surface area contributed by atoms with Gasteiger partial charge in [-0.15, -0.1) is 0 Å². The molecule has 3 atom stereocenters. The van der Waals surface area contributed by atoms with Gasteiger partial charge in [-0.2, -0.15) is 0 Å². The number of ether oxygens (including phenoxy) is 1. The molecule has 1 aliphatic heterocycles. The summed E-state index contributed by atoms with van der Waals surface area (Å²) in [6, 6.07) is 7.85. The van der Waals surface area contributed by atoms with Crippen molar-refractivity contribution in [2.75, 3.05) is 26.2 Å². The number of carbonyl (C=O) groups is 1. The van der Waals surface area contributed by atoms with Gasteiger partial charge in [0.25, 0.3) is 5.91 Å². The summed E-state index contributed by atoms with van der Waals surface area (Å²) in [5, 5.41) is 3.04. The Morgan fingerprint density at radius 1 is 1.32 bits per heavy atom. The molecular formula is C21H34N2O2. The molecule has 1 aliphatic rings. The van der Waals surface area contributed by atoms with E-state index in [0.717, 1.165) is 36.1 Å². The van der Waals surface area contributed by atoms with Gasteiger partial charge in [-0.1, -0.05) is 32.9 Å². The minimum absolute atomic E-state index is 0.00983. The van der Waals surface area contributed by atoms with Crippen molar-refractivity contribution in [1.29, 1.82) is 0 Å². The van der Waals surface area contributed by atoms with Crippen LogP contribution >= 0.6 is 0 Å². The van der Waals surface area contributed by atoms with Crippen LogP contribution in [-0.2, 0) is 4.79 Å². The molecule has 4 nitrogen and oxygen atoms in total. The largest absolute Gasteiger partial charge is 0.481 e. The van der Waals surface area contributed by atoms with Gasteiger partial charge in [-0.3, -0.25) is 4.79 Å². The lowest BCUT2D eigenvalue weighted by molar-refractivity contribution is -0.128. The van der Waals surface area contributed by atoms with Crippen molar-refractivity contribution in [1.82, 2.24) is 10.2 Å². The van der Waals surface area contributed by atoms with Gasteiger partial charge >= 0.3 is 0 Å². The maximum atomic E-state index is 12.4. The molecule has 1 fully saturated rings. The highest BCUT2D eigenvalue weighted by atomic mass is 16.5. The Hall–Kier alpha value is -1.55. The van der Waals surface area contributed by atoms with Crippen molar-refractivity contribution in [2.24, 2.45) is 11.8 Å². The van der Waals surface area contributed by atoms with Crippen molar-refractivity contribution < 1.29 is 9.53 Å². The van der Waals surface area contributed by atoms with E-state index in [1.54, 1.807) is 0 Å². The predicted molar refractivity (Wildman–Crippen MR) is 103 cm³/mol. The van der Waals surface area contributed by atoms with E-state index >= 15 is 0 Å². The highest BCUT2D eigenvalue weighted by Crippen LogP contribution is 2.20. The van der Waals surface area contributed by atoms with E-state index in [0.29, 0.717) is 13.0 Å². The molecule has 140 valence electrons. The molecule has 1 heterocycles. The second kappa shape index (κ2) is 9.81. The van der Waals surface area contributed by atoms with Gasteiger partial charge in [0, 0.05) is 19.6 Å². The molecule has 1 amide bonds. The van der Waals surface area contributed by atoms with Crippen molar-refractivity contribution in [3.05, 3.63) is 29.8 Å². The number of likely N-dealkylation sites (tertiary alicyclic amines) is 1. The monoisotopic (exact) mass is 346 g/mol. The van der Waals surface area contributed by atoms with Crippen LogP contribution in [0.1, 0.15) is 45.6 Å². The van der Waals surface area contributed by atoms with Gasteiger partial charge in [-0.05, 0) is 62.3 Å². The Kier molecular flexibility index (Phi) is 7.76. The Bertz CT molecular complexity index is 536. The summed E-state index contributed by atoms with van der Waals surface area (Å²) in [7, 11) is 0. The molecular weight excluding hydrogens is 312 g/mol. The fourth-order valence-electron chi connectivity index (χ4n) is 3.78. The van der Waals surface area contributed by atoms with Crippen molar-refractivity contribution in [3.8, 4) is 5.75 Å². The van der Waals surface area contributed by atoms with E-state index in [2.05, 4.69) is 24.1 Å². The van der Waals surface area contributed by atoms with Crippen LogP contribution < -0.4 is 10.1 Å². The number of piperidine rings is 1. The van der Waals surface area contributed by atoms with Crippen LogP contribution in [0.2, 0.25) is 0 Å². The maximum Gasteiger partial charge on any atom is 0.261 e. The average molecular weight is 347 g/mol. The van der Waals surface area contributed by atoms with Gasteiger partial charge in [0.05, 0.1) is 0 Å². The van der Waals surface area contributed by atoms with Crippen LogP contribution in [0.4, 0.5) is 0 Å². The smallest absolute Gasteiger partial charge is 0.261 e. The lowest BCUT2D eigenvalue weighted by Gasteiger charge is -2.35. The molecule has 0 saturated carbocycles. The number of hydrogen-bond donors (Lipinski definition) is 1. The van der Waals surface area contributed by atoms with Crippen LogP contribution in [0.3, 0.4) is 0 Å². The van der Waals surface area contributed by atoms with Crippen LogP contribution in [-0.4, -0.2) is 43.1 Å². The van der Waals surface area contributed by atoms with E-state index in [1.807, 2.05) is 38.1 Å². The van der Waals surface area contributed by atoms with Gasteiger partial charge in [-0.25, -0.2) is 0 Å². The Balaban J connectivity index is 1.71. The third kappa shape index (κ3) is 6.69. The third-order valence-electron chi connectivity index (χ3n) is 4.83. The first kappa shape index (κ1) is 19.8. The molecule has 0 aliphatic carbocycles. The van der Waals surface area contributed by atoms with E-state index < -0.39 is 6.10 Å². The van der Waals surface area contributed by atoms with Crippen LogP contribution in [0.25, 0.3) is 0 Å². The number of benzene rings is 1. The summed E-state index contributed by atoms with van der Waals surface area (Å²) in [6.07, 6.45) is 2.58. The number of rotatable bonds is 8. The van der Waals surface area contributed by atoms with Gasteiger partial charge < -0.3 is 15.0 Å². The second-order valence-electron chi connectivity index (χ2n) is 7.68. The fourth-order valence-corrected chi connectivity index (χ4v) is 3.78. The standard InChI is InChI=1S/C21H34N2O2/c1-5-20(25-19-9-6-8-16(2)13-19)21(24)22-10-7-11-23-14-17(3)12-18(4)15-23/h6,8-9,13,17-18,20H,5,7,10-12,14-15H2,1-4H3,(H,22,24)/t17-,18-,20+/m1/s1. The average Bonchev–Trinajstić information content (AvgIpc) is 2.55. The minimum Gasteiger partial charge on any atom is -0.481 e. The summed E-state index contributed by atoms with van der Waals surface area (Å²) < 4.78 is 5.86. The summed E-state index contributed by atoms with van der Waals surface area (Å²) in [4.78, 5) is 14.9. The fraction of sp³-hybridized carbons (Fsp3) is 0.667. The molecule has 2 rings (SSSR count). The highest BCUT2D eigenvalue weighted by molar-refractivity contribution is 5.81. The Labute approximate surface area is 152 Å². The molecule has 0 aromatic heterocycles. The molecule has 4 heteroatoms. The highest BCUT2D eigenvalue weighted by Gasteiger charge is 2.21. The van der Waals surface area contributed by atoms with Gasteiger partial charge in [0.2, 0.25) is 0 Å². The summed E-state index contributed by atoms with van der Waals surface area (Å²) in [5.74, 6) is 2.32. The first-order valence-corrected chi connectivity index (χ1v) is 9.71. The number of hydrogen-bond acceptors (Lipinski definition) is 3. The number of nitrogens with zero attached hydrogens (tertiary/aromatic N) is 1. The normalized spacial score (nSPS) is 22.4. The zero-order valence-electron chi connectivity index (χ0n) is 16.3. The van der Waals surface area contributed by atoms with Gasteiger partial charge in [0.15, 0.2) is 6.10 Å². The molecule has 0 bridgehead atoms. The molecule has 1 saturated heterocycles. The molecule has 1 aromatic carbocycles. The number of carbonyl (C=O) groups excluding carboxylic acids is 1. The maximum absolute atomic E-state index is 12.4. The number of aryl methyl sites for hydroxylation is 1. The van der Waals surface area contributed by atoms with E-state index in [9.17, 15) is 4.79 Å². The molecule has 0 radical (unpaired) electrons. The first-order valence-electron chi connectivity index (χ1n) is 9.71. The lowest BCUT2D eigenvalue weighted by atomic mass is 9.92. The van der Waals surface area contributed by atoms with Crippen LogP contribution in [0, 0.1) is 18.8 Å². The number of nitrogens with one attached hydrogen (secondary N) is 1. The van der Waals surface area contributed by atoms with E-state index in [1.165, 1.54) is 19.5 Å². The molecule has 25 heavy (non-hydrogen) atoms. The second-order valence-corrected chi connectivity index (χ2v) is 7.68. The van der Waals surface area contributed by atoms with E-state index in [4.69, 9.17) is 4.74 Å². The lowest BCUT2D eigenvalue weighted by Crippen LogP contribution is -2.41. The summed E-state index contributed by atoms with van der Waals surface area (Å²) >= 11 is 0. The van der Waals surface area contributed by atoms with Crippen molar-refractivity contribution in [2.45, 2.75) is 53.1 Å². The number of amides is 1. The first-order chi connectivity index (χ1) is 12.0. The third-order valence-corrected chi connectivity index (χ3v) is 4.83. The van der Waals surface area contributed by atoms with Gasteiger partial charge in [0.1, 0.15) is 5.75 Å². The van der Waals surface area contributed by atoms with Crippen LogP contribution in [0.5, 0.6) is 5.75 Å². The zero-order chi connectivity index (χ0) is 18.2. The molecule has 0 unspecified atom stereocenters. The van der Waals surface area contributed by atoms with E-state index in [-0.39, 0.29) is 5.91 Å². The van der Waals surface area contributed by atoms with Crippen molar-refractivity contribution in [3.63, 3.8) is 0 Å². The zero-order valence-corrected chi connectivity index (χ0v) is 16.3. The topological polar surface area (TPSA) is 41.6 Å². The predicted octanol–water partition coefficient (Wildman–Crippen LogP) is 3.64. The van der Waals surface area contributed by atoms with Crippen LogP contribution in [0.15, 0.2) is 24.3 Å². The molecule has 1 aromatic rings. The molecule has 1 N–H and O–H groups in total. The van der Waals surface area contributed by atoms with Crippen molar-refractivity contribution >= 4 is 5.91 Å².